The van der Waals surface area contributed by atoms with Gasteiger partial charge in [0, 0.05) is 24.7 Å². The monoisotopic (exact) mass is 427 g/mol. The molecule has 1 unspecified atom stereocenters. The zero-order chi connectivity index (χ0) is 22.0. The standard InChI is InChI=1S/C24H20F3NO3/c1-28(15-16-6-3-2-4-7-16)23(29)31-21-14-18-8-5-9-20(22(18)30-21)17-10-12-19(13-11-17)24(25,26)27/h2-13,21H,14-15H2,1H3. The molecule has 1 aliphatic heterocycles. The predicted molar refractivity (Wildman–Crippen MR) is 109 cm³/mol. The third-order valence-electron chi connectivity index (χ3n) is 5.06. The minimum Gasteiger partial charge on any atom is -0.453 e. The lowest BCUT2D eigenvalue weighted by atomic mass is 10.00. The van der Waals surface area contributed by atoms with Crippen molar-refractivity contribution in [2.24, 2.45) is 0 Å². The summed E-state index contributed by atoms with van der Waals surface area (Å²) in [5.41, 5.74) is 2.35. The second-order valence-electron chi connectivity index (χ2n) is 7.35. The lowest BCUT2D eigenvalue weighted by molar-refractivity contribution is -0.137. The summed E-state index contributed by atoms with van der Waals surface area (Å²) in [5, 5.41) is 0. The van der Waals surface area contributed by atoms with Gasteiger partial charge < -0.3 is 14.4 Å². The summed E-state index contributed by atoms with van der Waals surface area (Å²) in [7, 11) is 1.64. The van der Waals surface area contributed by atoms with Crippen molar-refractivity contribution in [3.63, 3.8) is 0 Å². The summed E-state index contributed by atoms with van der Waals surface area (Å²) < 4.78 is 49.9. The van der Waals surface area contributed by atoms with Crippen LogP contribution in [0.3, 0.4) is 0 Å². The Kier molecular flexibility index (Phi) is 5.59. The van der Waals surface area contributed by atoms with Crippen molar-refractivity contribution < 1.29 is 27.4 Å². The summed E-state index contributed by atoms with van der Waals surface area (Å²) in [6, 6.07) is 19.9. The number of carbonyl (C=O) groups is 1. The molecule has 0 spiro atoms. The summed E-state index contributed by atoms with van der Waals surface area (Å²) in [5.74, 6) is 0.519. The topological polar surface area (TPSA) is 38.8 Å². The van der Waals surface area contributed by atoms with Crippen LogP contribution < -0.4 is 4.74 Å². The molecule has 31 heavy (non-hydrogen) atoms. The number of hydrogen-bond acceptors (Lipinski definition) is 3. The number of rotatable bonds is 4. The normalized spacial score (nSPS) is 15.2. The molecule has 4 rings (SSSR count). The summed E-state index contributed by atoms with van der Waals surface area (Å²) >= 11 is 0. The summed E-state index contributed by atoms with van der Waals surface area (Å²) in [6.07, 6.45) is -5.33. The van der Waals surface area contributed by atoms with E-state index in [1.54, 1.807) is 19.2 Å². The van der Waals surface area contributed by atoms with Crippen LogP contribution in [0.4, 0.5) is 18.0 Å². The van der Waals surface area contributed by atoms with E-state index in [1.165, 1.54) is 17.0 Å². The molecule has 0 bridgehead atoms. The van der Waals surface area contributed by atoms with Gasteiger partial charge in [0.05, 0.1) is 12.0 Å². The zero-order valence-corrected chi connectivity index (χ0v) is 16.7. The number of fused-ring (bicyclic) bond motifs is 1. The molecule has 160 valence electrons. The average Bonchev–Trinajstić information content (AvgIpc) is 3.16. The maximum Gasteiger partial charge on any atom is 0.416 e. The van der Waals surface area contributed by atoms with E-state index in [0.717, 1.165) is 23.3 Å². The first-order chi connectivity index (χ1) is 14.8. The molecule has 1 amide bonds. The number of benzene rings is 3. The molecule has 0 saturated heterocycles. The number of carbonyl (C=O) groups excluding carboxylic acids is 1. The van der Waals surface area contributed by atoms with Gasteiger partial charge in [-0.15, -0.1) is 0 Å². The fraction of sp³-hybridized carbons (Fsp3) is 0.208. The lowest BCUT2D eigenvalue weighted by Crippen LogP contribution is -2.32. The third-order valence-corrected chi connectivity index (χ3v) is 5.06. The molecule has 0 aromatic heterocycles. The van der Waals surface area contributed by atoms with E-state index in [9.17, 15) is 18.0 Å². The van der Waals surface area contributed by atoms with E-state index in [2.05, 4.69) is 0 Å². The fourth-order valence-electron chi connectivity index (χ4n) is 3.49. The van der Waals surface area contributed by atoms with Crippen molar-refractivity contribution in [1.29, 1.82) is 0 Å². The molecule has 3 aromatic rings. The Labute approximate surface area is 177 Å². The van der Waals surface area contributed by atoms with E-state index in [1.807, 2.05) is 36.4 Å². The van der Waals surface area contributed by atoms with Crippen LogP contribution in [0.2, 0.25) is 0 Å². The first-order valence-electron chi connectivity index (χ1n) is 9.73. The van der Waals surface area contributed by atoms with Crippen LogP contribution in [0.15, 0.2) is 72.8 Å². The lowest BCUT2D eigenvalue weighted by Gasteiger charge is -2.20. The highest BCUT2D eigenvalue weighted by atomic mass is 19.4. The predicted octanol–water partition coefficient (Wildman–Crippen LogP) is 5.90. The maximum absolute atomic E-state index is 12.8. The van der Waals surface area contributed by atoms with Gasteiger partial charge in [0.25, 0.3) is 0 Å². The highest BCUT2D eigenvalue weighted by Gasteiger charge is 2.31. The second kappa shape index (κ2) is 8.34. The van der Waals surface area contributed by atoms with Gasteiger partial charge in [-0.25, -0.2) is 4.79 Å². The smallest absolute Gasteiger partial charge is 0.416 e. The molecule has 7 heteroatoms. The van der Waals surface area contributed by atoms with Crippen LogP contribution in [0.5, 0.6) is 5.75 Å². The van der Waals surface area contributed by atoms with Gasteiger partial charge in [-0.3, -0.25) is 0 Å². The summed E-state index contributed by atoms with van der Waals surface area (Å²) in [6.45, 7) is 0.399. The minimum absolute atomic E-state index is 0.370. The van der Waals surface area contributed by atoms with Crippen LogP contribution in [-0.2, 0) is 23.9 Å². The van der Waals surface area contributed by atoms with Gasteiger partial charge in [-0.1, -0.05) is 60.7 Å². The van der Waals surface area contributed by atoms with E-state index in [-0.39, 0.29) is 0 Å². The molecule has 3 aromatic carbocycles. The van der Waals surface area contributed by atoms with Gasteiger partial charge in [0.15, 0.2) is 0 Å². The van der Waals surface area contributed by atoms with Gasteiger partial charge in [0.2, 0.25) is 6.29 Å². The fourth-order valence-corrected chi connectivity index (χ4v) is 3.49. The van der Waals surface area contributed by atoms with Crippen molar-refractivity contribution in [1.82, 2.24) is 4.90 Å². The number of nitrogens with zero attached hydrogens (tertiary/aromatic N) is 1. The van der Waals surface area contributed by atoms with Crippen molar-refractivity contribution in [3.05, 3.63) is 89.5 Å². The molecule has 1 heterocycles. The van der Waals surface area contributed by atoms with Crippen molar-refractivity contribution in [2.45, 2.75) is 25.4 Å². The summed E-state index contributed by atoms with van der Waals surface area (Å²) in [4.78, 5) is 13.9. The minimum atomic E-state index is -4.39. The van der Waals surface area contributed by atoms with Crippen LogP contribution in [0, 0.1) is 0 Å². The highest BCUT2D eigenvalue weighted by Crippen LogP contribution is 2.40. The first-order valence-corrected chi connectivity index (χ1v) is 9.73. The van der Waals surface area contributed by atoms with Gasteiger partial charge in [-0.05, 0) is 23.3 Å². The number of amides is 1. The molecule has 0 fully saturated rings. The van der Waals surface area contributed by atoms with E-state index in [0.29, 0.717) is 29.8 Å². The molecular formula is C24H20F3NO3. The Morgan fingerprint density at radius 2 is 1.74 bits per heavy atom. The Balaban J connectivity index is 1.45. The Morgan fingerprint density at radius 3 is 2.42 bits per heavy atom. The molecule has 0 N–H and O–H groups in total. The molecule has 1 aliphatic rings. The van der Waals surface area contributed by atoms with Crippen LogP contribution >= 0.6 is 0 Å². The SMILES string of the molecule is CN(Cc1ccccc1)C(=O)OC1Cc2cccc(-c3ccc(C(F)(F)F)cc3)c2O1. The highest BCUT2D eigenvalue weighted by molar-refractivity contribution is 5.73. The molecule has 0 aliphatic carbocycles. The largest absolute Gasteiger partial charge is 0.453 e. The molecular weight excluding hydrogens is 407 g/mol. The molecule has 1 atom stereocenters. The van der Waals surface area contributed by atoms with E-state index >= 15 is 0 Å². The van der Waals surface area contributed by atoms with Crippen LogP contribution in [0.25, 0.3) is 11.1 Å². The number of halogens is 3. The van der Waals surface area contributed by atoms with Crippen molar-refractivity contribution >= 4 is 6.09 Å². The number of hydrogen-bond donors (Lipinski definition) is 0. The van der Waals surface area contributed by atoms with Crippen molar-refractivity contribution in [2.75, 3.05) is 7.05 Å². The van der Waals surface area contributed by atoms with Crippen LogP contribution in [-0.4, -0.2) is 24.3 Å². The Bertz CT molecular complexity index is 1070. The number of alkyl halides is 3. The number of para-hydroxylation sites is 1. The maximum atomic E-state index is 12.8. The zero-order valence-electron chi connectivity index (χ0n) is 16.7. The number of ether oxygens (including phenoxy) is 2. The average molecular weight is 427 g/mol. The van der Waals surface area contributed by atoms with Gasteiger partial charge >= 0.3 is 12.3 Å². The Hall–Kier alpha value is -3.48. The quantitative estimate of drug-likeness (QED) is 0.520. The third kappa shape index (κ3) is 4.66. The first kappa shape index (κ1) is 20.8. The molecule has 0 saturated carbocycles. The van der Waals surface area contributed by atoms with E-state index in [4.69, 9.17) is 9.47 Å². The second-order valence-corrected chi connectivity index (χ2v) is 7.35. The van der Waals surface area contributed by atoms with Crippen molar-refractivity contribution in [3.8, 4) is 16.9 Å². The van der Waals surface area contributed by atoms with E-state index < -0.39 is 24.1 Å². The molecule has 4 nitrogen and oxygen atoms in total. The van der Waals surface area contributed by atoms with Gasteiger partial charge in [0.1, 0.15) is 5.75 Å². The molecule has 0 radical (unpaired) electrons. The van der Waals surface area contributed by atoms with Crippen LogP contribution in [0.1, 0.15) is 16.7 Å². The Morgan fingerprint density at radius 1 is 1.03 bits per heavy atom. The van der Waals surface area contributed by atoms with Gasteiger partial charge in [-0.2, -0.15) is 13.2 Å².